The third-order valence-corrected chi connectivity index (χ3v) is 5.57. The molecule has 6 nitrogen and oxygen atoms in total. The Hall–Kier alpha value is -2.25. The van der Waals surface area contributed by atoms with Gasteiger partial charge in [-0.2, -0.15) is 0 Å². The first-order valence-electron chi connectivity index (χ1n) is 7.64. The molecule has 0 saturated carbocycles. The molecule has 3 aromatic rings. The number of hydrogen-bond donors (Lipinski definition) is 1. The molecular weight excluding hydrogens is 338 g/mol. The van der Waals surface area contributed by atoms with Crippen LogP contribution in [0.3, 0.4) is 0 Å². The van der Waals surface area contributed by atoms with Crippen molar-refractivity contribution < 1.29 is 14.0 Å². The highest BCUT2D eigenvalue weighted by molar-refractivity contribution is 8.29. The molecule has 0 aliphatic heterocycles. The van der Waals surface area contributed by atoms with E-state index in [1.165, 1.54) is 0 Å². The molecule has 2 radical (unpaired) electrons. The number of fused-ring (bicyclic) bond motifs is 1. The summed E-state index contributed by atoms with van der Waals surface area (Å²) in [6.07, 6.45) is 7.92. The summed E-state index contributed by atoms with van der Waals surface area (Å²) in [4.78, 5) is 13.2. The van der Waals surface area contributed by atoms with Crippen LogP contribution < -0.4 is 14.5 Å². The molecule has 2 heterocycles. The third kappa shape index (κ3) is 3.29. The topological polar surface area (TPSA) is 78.6 Å². The fourth-order valence-corrected chi connectivity index (χ4v) is 4.04. The zero-order valence-corrected chi connectivity index (χ0v) is 15.4. The van der Waals surface area contributed by atoms with Crippen LogP contribution >= 0.6 is 10.3 Å². The summed E-state index contributed by atoms with van der Waals surface area (Å²) >= 11 is 0. The van der Waals surface area contributed by atoms with Gasteiger partial charge in [-0.15, -0.1) is 10.3 Å². The van der Waals surface area contributed by atoms with E-state index < -0.39 is 10.3 Å². The summed E-state index contributed by atoms with van der Waals surface area (Å²) < 4.78 is 21.4. The Morgan fingerprint density at radius 2 is 2.00 bits per heavy atom. The van der Waals surface area contributed by atoms with Gasteiger partial charge in [-0.3, -0.25) is 4.98 Å². The van der Waals surface area contributed by atoms with E-state index in [1.807, 2.05) is 13.8 Å². The minimum Gasteiger partial charge on any atom is -0.497 e. The third-order valence-electron chi connectivity index (χ3n) is 4.04. The quantitative estimate of drug-likeness (QED) is 0.749. The zero-order valence-electron chi connectivity index (χ0n) is 14.6. The molecule has 2 aromatic heterocycles. The number of rotatable bonds is 5. The van der Waals surface area contributed by atoms with Crippen molar-refractivity contribution >= 4 is 21.3 Å². The second-order valence-corrected chi connectivity index (χ2v) is 7.97. The first kappa shape index (κ1) is 17.6. The van der Waals surface area contributed by atoms with E-state index in [1.54, 1.807) is 38.6 Å². The van der Waals surface area contributed by atoms with E-state index in [9.17, 15) is 4.55 Å². The Morgan fingerprint density at radius 3 is 2.68 bits per heavy atom. The molecule has 0 spiro atoms. The normalized spacial score (nSPS) is 15.0. The molecule has 3 rings (SSSR count). The van der Waals surface area contributed by atoms with Crippen LogP contribution in [-0.4, -0.2) is 28.7 Å². The van der Waals surface area contributed by atoms with Crippen molar-refractivity contribution in [1.82, 2.24) is 15.0 Å². The molecule has 0 bridgehead atoms. The standard InChI is InChI=1S/C18H20N3O3S/c1-11-9-19-16(12(2)17(11)24-4)10-25(5,22)18-20-14-7-6-13(23-3)8-15(14)21-18/h5-9H,10H2,1-4H3,(H-,20,21,22)/q-1. The van der Waals surface area contributed by atoms with Crippen LogP contribution in [0.25, 0.3) is 11.0 Å². The molecule has 0 saturated heterocycles. The van der Waals surface area contributed by atoms with Crippen molar-refractivity contribution in [3.05, 3.63) is 47.5 Å². The maximum atomic E-state index is 10.8. The summed E-state index contributed by atoms with van der Waals surface area (Å²) in [5.41, 5.74) is 3.77. The highest BCUT2D eigenvalue weighted by atomic mass is 32.3. The van der Waals surface area contributed by atoms with E-state index >= 15 is 0 Å². The molecule has 1 N–H and O–H groups in total. The average Bonchev–Trinajstić information content (AvgIpc) is 3.02. The van der Waals surface area contributed by atoms with E-state index in [-0.39, 0.29) is 10.9 Å². The highest BCUT2D eigenvalue weighted by Gasteiger charge is 2.20. The van der Waals surface area contributed by atoms with E-state index in [2.05, 4.69) is 15.0 Å². The van der Waals surface area contributed by atoms with Gasteiger partial charge < -0.3 is 24.0 Å². The molecule has 0 fully saturated rings. The van der Waals surface area contributed by atoms with Crippen LogP contribution in [0, 0.1) is 20.1 Å². The van der Waals surface area contributed by atoms with Gasteiger partial charge in [-0.05, 0) is 42.2 Å². The minimum absolute atomic E-state index is 0.156. The molecule has 1 atom stereocenters. The second kappa shape index (κ2) is 6.57. The van der Waals surface area contributed by atoms with Gasteiger partial charge in [-0.25, -0.2) is 0 Å². The van der Waals surface area contributed by atoms with Gasteiger partial charge in [0.15, 0.2) is 0 Å². The number of aromatic nitrogens is 3. The Kier molecular flexibility index (Phi) is 4.62. The SMILES string of the molecule is [CH]S(O)(Cc1ncc(C)c(OC)c1C)c1nc2cc(OC)ccc2[n-]1. The van der Waals surface area contributed by atoms with E-state index in [4.69, 9.17) is 15.7 Å². The number of benzene rings is 1. The van der Waals surface area contributed by atoms with Crippen LogP contribution in [0.4, 0.5) is 0 Å². The summed E-state index contributed by atoms with van der Waals surface area (Å²) in [6.45, 7) is 3.82. The molecule has 25 heavy (non-hydrogen) atoms. The number of imidazole rings is 1. The highest BCUT2D eigenvalue weighted by Crippen LogP contribution is 2.52. The summed E-state index contributed by atoms with van der Waals surface area (Å²) in [5, 5.41) is 0.233. The van der Waals surface area contributed by atoms with E-state index in [0.29, 0.717) is 22.5 Å². The Bertz CT molecular complexity index is 921. The zero-order chi connectivity index (χ0) is 18.2. The Morgan fingerprint density at radius 1 is 1.24 bits per heavy atom. The van der Waals surface area contributed by atoms with Gasteiger partial charge in [0.2, 0.25) is 0 Å². The first-order chi connectivity index (χ1) is 11.9. The Labute approximate surface area is 148 Å². The van der Waals surface area contributed by atoms with Gasteiger partial charge in [-0.1, -0.05) is 6.07 Å². The molecule has 7 heteroatoms. The summed E-state index contributed by atoms with van der Waals surface area (Å²) in [5.74, 6) is 1.58. The van der Waals surface area contributed by atoms with Gasteiger partial charge in [0.05, 0.1) is 19.9 Å². The average molecular weight is 358 g/mol. The van der Waals surface area contributed by atoms with Crippen LogP contribution in [-0.2, 0) is 5.75 Å². The van der Waals surface area contributed by atoms with Crippen LogP contribution in [0.2, 0.25) is 0 Å². The number of nitrogens with zero attached hydrogens (tertiary/aromatic N) is 3. The van der Waals surface area contributed by atoms with Gasteiger partial charge in [0, 0.05) is 29.3 Å². The second-order valence-electron chi connectivity index (χ2n) is 5.81. The lowest BCUT2D eigenvalue weighted by Gasteiger charge is -2.31. The van der Waals surface area contributed by atoms with Gasteiger partial charge in [0.25, 0.3) is 0 Å². The smallest absolute Gasteiger partial charge is 0.128 e. The molecule has 0 aliphatic rings. The fourth-order valence-electron chi connectivity index (χ4n) is 2.69. The van der Waals surface area contributed by atoms with E-state index in [0.717, 1.165) is 16.9 Å². The molecule has 132 valence electrons. The van der Waals surface area contributed by atoms with Crippen molar-refractivity contribution in [2.24, 2.45) is 0 Å². The Balaban J connectivity index is 1.97. The largest absolute Gasteiger partial charge is 0.497 e. The first-order valence-corrected chi connectivity index (χ1v) is 9.46. The molecule has 1 unspecified atom stereocenters. The molecule has 0 aliphatic carbocycles. The summed E-state index contributed by atoms with van der Waals surface area (Å²) in [7, 11) is 0.461. The van der Waals surface area contributed by atoms with Crippen molar-refractivity contribution in [3.8, 4) is 11.5 Å². The van der Waals surface area contributed by atoms with Crippen molar-refractivity contribution in [2.45, 2.75) is 24.8 Å². The van der Waals surface area contributed by atoms with Crippen molar-refractivity contribution in [3.63, 3.8) is 0 Å². The van der Waals surface area contributed by atoms with Gasteiger partial charge >= 0.3 is 0 Å². The number of ether oxygens (including phenoxy) is 2. The lowest BCUT2D eigenvalue weighted by Crippen LogP contribution is -2.07. The predicted octanol–water partition coefficient (Wildman–Crippen LogP) is 3.73. The number of hydrogen-bond acceptors (Lipinski definition) is 5. The number of aryl methyl sites for hydroxylation is 1. The summed E-state index contributed by atoms with van der Waals surface area (Å²) in [6, 6.07) is 5.35. The van der Waals surface area contributed by atoms with Crippen LogP contribution in [0.5, 0.6) is 11.5 Å². The number of methoxy groups -OCH3 is 2. The predicted molar refractivity (Wildman–Crippen MR) is 98.4 cm³/mol. The van der Waals surface area contributed by atoms with Crippen molar-refractivity contribution in [2.75, 3.05) is 14.2 Å². The van der Waals surface area contributed by atoms with Crippen LogP contribution in [0.1, 0.15) is 16.8 Å². The van der Waals surface area contributed by atoms with Crippen LogP contribution in [0.15, 0.2) is 29.6 Å². The maximum absolute atomic E-state index is 10.8. The molecular formula is C18H20N3O3S-. The lowest BCUT2D eigenvalue weighted by atomic mass is 10.1. The van der Waals surface area contributed by atoms with Crippen molar-refractivity contribution in [1.29, 1.82) is 0 Å². The monoisotopic (exact) mass is 358 g/mol. The van der Waals surface area contributed by atoms with Gasteiger partial charge in [0.1, 0.15) is 11.5 Å². The fraction of sp³-hybridized carbons (Fsp3) is 0.278. The molecule has 0 amide bonds. The molecule has 1 aromatic carbocycles. The minimum atomic E-state index is -2.74. The lowest BCUT2D eigenvalue weighted by molar-refractivity contribution is 0.407. The number of pyridine rings is 1. The maximum Gasteiger partial charge on any atom is 0.128 e.